The molecule has 1 aliphatic rings. The number of benzene rings is 2. The van der Waals surface area contributed by atoms with Crippen LogP contribution >= 0.6 is 11.6 Å². The smallest absolute Gasteiger partial charge is 0.0998 e. The number of fused-ring (bicyclic) bond motifs is 1. The summed E-state index contributed by atoms with van der Waals surface area (Å²) in [6, 6.07) is 14.3. The molecule has 0 unspecified atom stereocenters. The van der Waals surface area contributed by atoms with Crippen molar-refractivity contribution in [1.29, 1.82) is 5.26 Å². The predicted molar refractivity (Wildman–Crippen MR) is 121 cm³/mol. The minimum Gasteiger partial charge on any atom is -0.362 e. The summed E-state index contributed by atoms with van der Waals surface area (Å²) in [5.41, 5.74) is 7.59. The first-order valence-electron chi connectivity index (χ1n) is 9.76. The molecule has 0 saturated heterocycles. The number of hydrogen-bond acceptors (Lipinski definition) is 2. The van der Waals surface area contributed by atoms with E-state index >= 15 is 0 Å². The monoisotopic (exact) mass is 390 g/mol. The van der Waals surface area contributed by atoms with Crippen molar-refractivity contribution in [1.82, 2.24) is 0 Å². The fraction of sp³-hybridized carbons (Fsp3) is 0.320. The highest BCUT2D eigenvalue weighted by molar-refractivity contribution is 6.30. The molecule has 0 saturated carbocycles. The van der Waals surface area contributed by atoms with Crippen LogP contribution in [0.1, 0.15) is 56.4 Å². The van der Waals surface area contributed by atoms with Gasteiger partial charge in [-0.2, -0.15) is 5.26 Å². The summed E-state index contributed by atoms with van der Waals surface area (Å²) in [5, 5.41) is 10.4. The van der Waals surface area contributed by atoms with Gasteiger partial charge in [0, 0.05) is 22.8 Å². The zero-order valence-electron chi connectivity index (χ0n) is 17.3. The van der Waals surface area contributed by atoms with E-state index in [-0.39, 0.29) is 5.54 Å². The summed E-state index contributed by atoms with van der Waals surface area (Å²) in [7, 11) is 0. The van der Waals surface area contributed by atoms with Crippen LogP contribution in [-0.4, -0.2) is 12.1 Å². The summed E-state index contributed by atoms with van der Waals surface area (Å²) in [6.07, 6.45) is 5.43. The summed E-state index contributed by atoms with van der Waals surface area (Å²) in [4.78, 5) is 2.49. The van der Waals surface area contributed by atoms with Crippen LogP contribution in [-0.2, 0) is 0 Å². The number of nitriles is 1. The van der Waals surface area contributed by atoms with Gasteiger partial charge in [0.25, 0.3) is 0 Å². The number of hydrogen-bond donors (Lipinski definition) is 0. The Morgan fingerprint density at radius 1 is 1.18 bits per heavy atom. The zero-order valence-corrected chi connectivity index (χ0v) is 18.1. The third-order valence-corrected chi connectivity index (χ3v) is 5.64. The quantitative estimate of drug-likeness (QED) is 0.410. The molecular weight excluding hydrogens is 364 g/mol. The summed E-state index contributed by atoms with van der Waals surface area (Å²) >= 11 is 5.99. The van der Waals surface area contributed by atoms with Gasteiger partial charge in [-0.05, 0) is 86.7 Å². The third kappa shape index (κ3) is 3.86. The van der Waals surface area contributed by atoms with Crippen molar-refractivity contribution in [2.75, 3.05) is 11.4 Å². The molecule has 0 aromatic heterocycles. The van der Waals surface area contributed by atoms with Crippen molar-refractivity contribution in [3.8, 4) is 6.07 Å². The molecule has 0 radical (unpaired) electrons. The highest BCUT2D eigenvalue weighted by atomic mass is 35.5. The highest BCUT2D eigenvalue weighted by Crippen LogP contribution is 2.41. The van der Waals surface area contributed by atoms with Gasteiger partial charge < -0.3 is 4.90 Å². The molecule has 0 N–H and O–H groups in total. The van der Waals surface area contributed by atoms with Crippen LogP contribution in [0.25, 0.3) is 17.2 Å². The fourth-order valence-corrected chi connectivity index (χ4v) is 4.12. The van der Waals surface area contributed by atoms with Crippen LogP contribution in [0, 0.1) is 18.3 Å². The number of nitrogens with zero attached hydrogens (tertiary/aromatic N) is 2. The Hall–Kier alpha value is -2.50. The van der Waals surface area contributed by atoms with Crippen molar-refractivity contribution < 1.29 is 0 Å². The van der Waals surface area contributed by atoms with Gasteiger partial charge in [-0.25, -0.2) is 0 Å². The van der Waals surface area contributed by atoms with Crippen molar-refractivity contribution in [3.63, 3.8) is 0 Å². The lowest BCUT2D eigenvalue weighted by Gasteiger charge is -2.43. The maximum atomic E-state index is 9.70. The van der Waals surface area contributed by atoms with E-state index in [9.17, 15) is 5.26 Å². The number of allylic oxidation sites excluding steroid dienone is 2. The molecule has 0 bridgehead atoms. The van der Waals surface area contributed by atoms with E-state index < -0.39 is 0 Å². The lowest BCUT2D eigenvalue weighted by molar-refractivity contribution is 0.550. The van der Waals surface area contributed by atoms with E-state index in [1.165, 1.54) is 22.4 Å². The van der Waals surface area contributed by atoms with Crippen LogP contribution in [0.5, 0.6) is 0 Å². The van der Waals surface area contributed by atoms with E-state index in [0.29, 0.717) is 10.6 Å². The van der Waals surface area contributed by atoms with E-state index in [4.69, 9.17) is 11.6 Å². The molecule has 1 heterocycles. The molecule has 3 heteroatoms. The number of aryl methyl sites for hydroxylation is 1. The Morgan fingerprint density at radius 3 is 2.46 bits per heavy atom. The molecule has 0 aliphatic carbocycles. The molecule has 2 nitrogen and oxygen atoms in total. The van der Waals surface area contributed by atoms with Gasteiger partial charge in [0.15, 0.2) is 0 Å². The normalized spacial score (nSPS) is 15.7. The highest BCUT2D eigenvalue weighted by Gasteiger charge is 2.31. The average molecular weight is 391 g/mol. The first kappa shape index (κ1) is 20.2. The minimum atomic E-state index is -0.00197. The van der Waals surface area contributed by atoms with Gasteiger partial charge in [-0.15, -0.1) is 0 Å². The lowest BCUT2D eigenvalue weighted by atomic mass is 9.86. The predicted octanol–water partition coefficient (Wildman–Crippen LogP) is 7.12. The maximum absolute atomic E-state index is 9.70. The summed E-state index contributed by atoms with van der Waals surface area (Å²) < 4.78 is 0. The average Bonchev–Trinajstić information content (AvgIpc) is 2.64. The number of rotatable bonds is 4. The summed E-state index contributed by atoms with van der Waals surface area (Å²) in [6.45, 7) is 12.1. The van der Waals surface area contributed by atoms with Crippen LogP contribution < -0.4 is 4.90 Å². The van der Waals surface area contributed by atoms with Gasteiger partial charge in [0.1, 0.15) is 0 Å². The SMILES string of the molecule is CCCN1c2cc(C)c(/C=C(\C#N)c3ccc(Cl)cc3)cc2C(C)=CC1(C)C. The Bertz CT molecular complexity index is 988. The Kier molecular flexibility index (Phi) is 5.68. The minimum absolute atomic E-state index is 0.00197. The van der Waals surface area contributed by atoms with Gasteiger partial charge >= 0.3 is 0 Å². The van der Waals surface area contributed by atoms with Crippen molar-refractivity contribution in [3.05, 3.63) is 69.8 Å². The largest absolute Gasteiger partial charge is 0.362 e. The second-order valence-corrected chi connectivity index (χ2v) is 8.47. The second-order valence-electron chi connectivity index (χ2n) is 8.04. The van der Waals surface area contributed by atoms with Crippen LogP contribution in [0.4, 0.5) is 5.69 Å². The van der Waals surface area contributed by atoms with Crippen LogP contribution in [0.15, 0.2) is 42.5 Å². The molecule has 144 valence electrons. The molecule has 1 aliphatic heterocycles. The molecule has 2 aromatic carbocycles. The fourth-order valence-electron chi connectivity index (χ4n) is 4.00. The lowest BCUT2D eigenvalue weighted by Crippen LogP contribution is -2.45. The number of halogens is 1. The van der Waals surface area contributed by atoms with Gasteiger partial charge in [-0.1, -0.05) is 36.7 Å². The third-order valence-electron chi connectivity index (χ3n) is 5.39. The molecule has 0 fully saturated rings. The van der Waals surface area contributed by atoms with E-state index in [1.807, 2.05) is 30.3 Å². The second kappa shape index (κ2) is 7.86. The maximum Gasteiger partial charge on any atom is 0.0998 e. The molecule has 0 spiro atoms. The Balaban J connectivity index is 2.12. The first-order chi connectivity index (χ1) is 13.3. The van der Waals surface area contributed by atoms with Gasteiger partial charge in [-0.3, -0.25) is 0 Å². The molecular formula is C25H27ClN2. The van der Waals surface area contributed by atoms with Crippen LogP contribution in [0.3, 0.4) is 0 Å². The van der Waals surface area contributed by atoms with Crippen molar-refractivity contribution in [2.24, 2.45) is 0 Å². The molecule has 0 amide bonds. The first-order valence-corrected chi connectivity index (χ1v) is 10.1. The summed E-state index contributed by atoms with van der Waals surface area (Å²) in [5.74, 6) is 0. The van der Waals surface area contributed by atoms with Gasteiger partial charge in [0.2, 0.25) is 0 Å². The molecule has 2 aromatic rings. The standard InChI is InChI=1S/C25H27ClN2/c1-6-11-28-24-12-17(2)20(14-23(24)18(3)15-25(28,4)5)13-21(16-27)19-7-9-22(26)10-8-19/h7-10,12-15H,6,11H2,1-5H3/b21-13+. The molecule has 0 atom stereocenters. The Morgan fingerprint density at radius 2 is 1.86 bits per heavy atom. The molecule has 3 rings (SSSR count). The number of anilines is 1. The van der Waals surface area contributed by atoms with Gasteiger partial charge in [0.05, 0.1) is 17.2 Å². The Labute approximate surface area is 173 Å². The van der Waals surface area contributed by atoms with E-state index in [1.54, 1.807) is 0 Å². The topological polar surface area (TPSA) is 27.0 Å². The van der Waals surface area contributed by atoms with Crippen molar-refractivity contribution >= 4 is 34.5 Å². The van der Waals surface area contributed by atoms with E-state index in [0.717, 1.165) is 24.1 Å². The van der Waals surface area contributed by atoms with Crippen LogP contribution in [0.2, 0.25) is 5.02 Å². The molecule has 28 heavy (non-hydrogen) atoms. The van der Waals surface area contributed by atoms with Crippen molar-refractivity contribution in [2.45, 2.75) is 46.6 Å². The zero-order chi connectivity index (χ0) is 20.5. The van der Waals surface area contributed by atoms with E-state index in [2.05, 4.69) is 63.8 Å².